The molecule has 1 N–H and O–H groups in total. The zero-order valence-electron chi connectivity index (χ0n) is 17.5. The van der Waals surface area contributed by atoms with Crippen LogP contribution in [0.4, 0.5) is 11.5 Å². The molecule has 0 saturated heterocycles. The number of likely N-dealkylation sites (N-methyl/N-ethyl adjacent to an activating group) is 1. The summed E-state index contributed by atoms with van der Waals surface area (Å²) in [5.41, 5.74) is 4.13. The Morgan fingerprint density at radius 1 is 1.37 bits per heavy atom. The van der Waals surface area contributed by atoms with Crippen molar-refractivity contribution in [2.24, 2.45) is 0 Å². The molecule has 8 heteroatoms. The van der Waals surface area contributed by atoms with Crippen LogP contribution < -0.4 is 10.1 Å². The van der Waals surface area contributed by atoms with Crippen molar-refractivity contribution in [3.05, 3.63) is 60.1 Å². The van der Waals surface area contributed by atoms with Gasteiger partial charge < -0.3 is 19.9 Å². The van der Waals surface area contributed by atoms with Crippen LogP contribution in [0.1, 0.15) is 11.1 Å². The maximum atomic E-state index is 12.5. The summed E-state index contributed by atoms with van der Waals surface area (Å²) in [4.78, 5) is 20.9. The molecule has 0 unspecified atom stereocenters. The van der Waals surface area contributed by atoms with Crippen LogP contribution in [0.5, 0.6) is 5.75 Å². The van der Waals surface area contributed by atoms with E-state index in [1.54, 1.807) is 13.2 Å². The maximum absolute atomic E-state index is 12.5. The van der Waals surface area contributed by atoms with Gasteiger partial charge in [0.05, 0.1) is 7.11 Å². The number of fused-ring (bicyclic) bond motifs is 3. The van der Waals surface area contributed by atoms with Crippen molar-refractivity contribution in [2.45, 2.75) is 13.0 Å². The molecule has 0 radical (unpaired) electrons. The largest absolute Gasteiger partial charge is 0.497 e. The van der Waals surface area contributed by atoms with E-state index in [0.29, 0.717) is 13.1 Å². The Labute approximate surface area is 175 Å². The van der Waals surface area contributed by atoms with Crippen LogP contribution in [-0.2, 0) is 17.8 Å². The first-order valence-electron chi connectivity index (χ1n) is 9.90. The lowest BCUT2D eigenvalue weighted by Gasteiger charge is -2.26. The molecule has 30 heavy (non-hydrogen) atoms. The van der Waals surface area contributed by atoms with Gasteiger partial charge in [-0.25, -0.2) is 9.50 Å². The number of nitrogens with one attached hydrogen (secondary N) is 1. The van der Waals surface area contributed by atoms with Gasteiger partial charge in [-0.1, -0.05) is 12.1 Å². The van der Waals surface area contributed by atoms with E-state index in [-0.39, 0.29) is 5.91 Å². The number of methoxy groups -OCH3 is 1. The van der Waals surface area contributed by atoms with Crippen LogP contribution in [0.3, 0.4) is 0 Å². The molecule has 2 aromatic heterocycles. The van der Waals surface area contributed by atoms with Crippen molar-refractivity contribution in [1.82, 2.24) is 24.4 Å². The molecule has 1 aliphatic rings. The first-order chi connectivity index (χ1) is 14.5. The fourth-order valence-electron chi connectivity index (χ4n) is 3.66. The van der Waals surface area contributed by atoms with Crippen molar-refractivity contribution in [3.8, 4) is 5.75 Å². The van der Waals surface area contributed by atoms with Crippen molar-refractivity contribution in [3.63, 3.8) is 0 Å². The molecular formula is C22H26N6O2. The molecule has 0 atom stereocenters. The van der Waals surface area contributed by atoms with E-state index in [1.807, 2.05) is 64.9 Å². The monoisotopic (exact) mass is 406 g/mol. The van der Waals surface area contributed by atoms with Crippen molar-refractivity contribution in [1.29, 1.82) is 0 Å². The molecule has 1 aromatic carbocycles. The second-order valence-electron chi connectivity index (χ2n) is 7.57. The first kappa shape index (κ1) is 19.9. The second kappa shape index (κ2) is 8.54. The minimum atomic E-state index is 0.0403. The van der Waals surface area contributed by atoms with Gasteiger partial charge in [0.15, 0.2) is 5.82 Å². The lowest BCUT2D eigenvalue weighted by atomic mass is 10.0. The van der Waals surface area contributed by atoms with Gasteiger partial charge in [0.2, 0.25) is 5.91 Å². The predicted molar refractivity (Wildman–Crippen MR) is 116 cm³/mol. The number of hydrogen-bond donors (Lipinski definition) is 1. The summed E-state index contributed by atoms with van der Waals surface area (Å²) in [6.07, 6.45) is 7.85. The van der Waals surface area contributed by atoms with E-state index in [2.05, 4.69) is 15.4 Å². The van der Waals surface area contributed by atoms with E-state index < -0.39 is 0 Å². The molecule has 156 valence electrons. The molecule has 0 spiro atoms. The van der Waals surface area contributed by atoms with Crippen LogP contribution in [-0.4, -0.2) is 64.6 Å². The maximum Gasteiger partial charge on any atom is 0.246 e. The molecule has 8 nitrogen and oxygen atoms in total. The highest BCUT2D eigenvalue weighted by Gasteiger charge is 2.24. The smallest absolute Gasteiger partial charge is 0.246 e. The number of ether oxygens (including phenoxy) is 1. The van der Waals surface area contributed by atoms with Crippen LogP contribution >= 0.6 is 0 Å². The third-order valence-electron chi connectivity index (χ3n) is 5.14. The number of nitrogens with zero attached hydrogens (tertiary/aromatic N) is 5. The molecule has 0 fully saturated rings. The number of rotatable bonds is 6. The normalized spacial score (nSPS) is 13.8. The molecule has 1 amide bonds. The number of carbonyl (C=O) groups is 1. The van der Waals surface area contributed by atoms with E-state index in [4.69, 9.17) is 4.74 Å². The average Bonchev–Trinajstić information content (AvgIpc) is 3.12. The Morgan fingerprint density at radius 2 is 2.23 bits per heavy atom. The third kappa shape index (κ3) is 4.13. The molecule has 0 aliphatic carbocycles. The SMILES string of the molecule is COc1cccc(Nc2ncnn3cc4c(c23)CCN(C(=O)C=CCN(C)C)C4)c1. The molecule has 3 aromatic rings. The van der Waals surface area contributed by atoms with E-state index in [1.165, 1.54) is 11.9 Å². The second-order valence-corrected chi connectivity index (χ2v) is 7.57. The summed E-state index contributed by atoms with van der Waals surface area (Å²) < 4.78 is 7.15. The summed E-state index contributed by atoms with van der Waals surface area (Å²) in [6.45, 7) is 1.99. The standard InChI is InChI=1S/C22H26N6O2/c1-26(2)10-5-8-20(29)27-11-9-19-16(13-27)14-28-21(19)22(23-15-24-28)25-17-6-4-7-18(12-17)30-3/h4-8,12,14-15H,9-11,13H2,1-3H3,(H,23,24,25). The van der Waals surface area contributed by atoms with Gasteiger partial charge in [0.25, 0.3) is 0 Å². The predicted octanol–water partition coefficient (Wildman–Crippen LogP) is 2.48. The topological polar surface area (TPSA) is 75.0 Å². The van der Waals surface area contributed by atoms with Crippen LogP contribution in [0, 0.1) is 0 Å². The number of aromatic nitrogens is 3. The Hall–Kier alpha value is -3.39. The van der Waals surface area contributed by atoms with Gasteiger partial charge in [-0.2, -0.15) is 5.10 Å². The van der Waals surface area contributed by atoms with Crippen LogP contribution in [0.15, 0.2) is 48.9 Å². The lowest BCUT2D eigenvalue weighted by molar-refractivity contribution is -0.126. The average molecular weight is 406 g/mol. The quantitative estimate of drug-likeness (QED) is 0.634. The minimum absolute atomic E-state index is 0.0403. The Kier molecular flexibility index (Phi) is 5.67. The van der Waals surface area contributed by atoms with Crippen molar-refractivity contribution < 1.29 is 9.53 Å². The third-order valence-corrected chi connectivity index (χ3v) is 5.14. The van der Waals surface area contributed by atoms with Gasteiger partial charge in [-0.15, -0.1) is 0 Å². The highest BCUT2D eigenvalue weighted by atomic mass is 16.5. The number of anilines is 2. The van der Waals surface area contributed by atoms with Crippen LogP contribution in [0.25, 0.3) is 5.52 Å². The highest BCUT2D eigenvalue weighted by molar-refractivity contribution is 5.88. The molecule has 4 rings (SSSR count). The van der Waals surface area contributed by atoms with E-state index in [0.717, 1.165) is 41.3 Å². The summed E-state index contributed by atoms with van der Waals surface area (Å²) in [5, 5.41) is 7.76. The van der Waals surface area contributed by atoms with Gasteiger partial charge >= 0.3 is 0 Å². The highest BCUT2D eigenvalue weighted by Crippen LogP contribution is 2.30. The van der Waals surface area contributed by atoms with E-state index >= 15 is 0 Å². The molecule has 1 aliphatic heterocycles. The Balaban J connectivity index is 1.58. The van der Waals surface area contributed by atoms with Crippen LogP contribution in [0.2, 0.25) is 0 Å². The van der Waals surface area contributed by atoms with E-state index in [9.17, 15) is 4.79 Å². The first-order valence-corrected chi connectivity index (χ1v) is 9.90. The van der Waals surface area contributed by atoms with Crippen molar-refractivity contribution >= 4 is 22.9 Å². The number of benzene rings is 1. The molecule has 0 saturated carbocycles. The molecule has 3 heterocycles. The Bertz CT molecular complexity index is 1090. The number of hydrogen-bond acceptors (Lipinski definition) is 6. The summed E-state index contributed by atoms with van der Waals surface area (Å²) in [5.74, 6) is 1.56. The summed E-state index contributed by atoms with van der Waals surface area (Å²) >= 11 is 0. The fraction of sp³-hybridized carbons (Fsp3) is 0.318. The zero-order valence-corrected chi connectivity index (χ0v) is 17.5. The lowest BCUT2D eigenvalue weighted by Crippen LogP contribution is -2.34. The number of amides is 1. The molecule has 0 bridgehead atoms. The fourth-order valence-corrected chi connectivity index (χ4v) is 3.66. The van der Waals surface area contributed by atoms with Crippen molar-refractivity contribution in [2.75, 3.05) is 39.6 Å². The molecular weight excluding hydrogens is 380 g/mol. The Morgan fingerprint density at radius 3 is 3.03 bits per heavy atom. The number of carbonyl (C=O) groups excluding carboxylic acids is 1. The zero-order chi connectivity index (χ0) is 21.1. The van der Waals surface area contributed by atoms with Gasteiger partial charge in [0, 0.05) is 43.7 Å². The summed E-state index contributed by atoms with van der Waals surface area (Å²) in [7, 11) is 5.61. The van der Waals surface area contributed by atoms with Gasteiger partial charge in [-0.05, 0) is 43.8 Å². The van der Waals surface area contributed by atoms with Gasteiger partial charge in [-0.3, -0.25) is 4.79 Å². The summed E-state index contributed by atoms with van der Waals surface area (Å²) in [6, 6.07) is 7.73. The minimum Gasteiger partial charge on any atom is -0.497 e. The van der Waals surface area contributed by atoms with Gasteiger partial charge in [0.1, 0.15) is 17.6 Å².